The lowest BCUT2D eigenvalue weighted by Crippen LogP contribution is -2.63. The van der Waals surface area contributed by atoms with E-state index in [9.17, 15) is 9.59 Å². The number of hydrogen-bond acceptors (Lipinski definition) is 2. The molecule has 1 heterocycles. The van der Waals surface area contributed by atoms with Gasteiger partial charge in [-0.3, -0.25) is 9.59 Å². The third kappa shape index (κ3) is 2.84. The molecule has 1 N–H and O–H groups in total. The molecule has 1 atom stereocenters. The standard InChI is InChI=1S/C16H26N2O2/c19-14-11-18(13-9-5-2-6-10-13)16(20)15(17-14)12-7-3-1-4-8-12/h12-13,15H,1-11H2,(H,17,19). The van der Waals surface area contributed by atoms with Crippen molar-refractivity contribution in [2.75, 3.05) is 6.54 Å². The highest BCUT2D eigenvalue weighted by Crippen LogP contribution is 2.30. The molecule has 0 bridgehead atoms. The molecule has 4 nitrogen and oxygen atoms in total. The van der Waals surface area contributed by atoms with E-state index in [0.29, 0.717) is 12.0 Å². The molecular formula is C16H26N2O2. The zero-order valence-corrected chi connectivity index (χ0v) is 12.3. The van der Waals surface area contributed by atoms with Crippen LogP contribution in [0.4, 0.5) is 0 Å². The minimum Gasteiger partial charge on any atom is -0.342 e. The van der Waals surface area contributed by atoms with Crippen LogP contribution in [0.25, 0.3) is 0 Å². The minimum atomic E-state index is -0.238. The lowest BCUT2D eigenvalue weighted by molar-refractivity contribution is -0.149. The van der Waals surface area contributed by atoms with E-state index in [1.165, 1.54) is 38.5 Å². The predicted molar refractivity (Wildman–Crippen MR) is 77.1 cm³/mol. The van der Waals surface area contributed by atoms with Gasteiger partial charge in [0.25, 0.3) is 0 Å². The SMILES string of the molecule is O=C1CN(C2CCCCC2)C(=O)C(C2CCCCC2)N1. The molecular weight excluding hydrogens is 252 g/mol. The third-order valence-corrected chi connectivity index (χ3v) is 5.32. The van der Waals surface area contributed by atoms with Gasteiger partial charge in [0.05, 0.1) is 6.54 Å². The molecule has 3 aliphatic rings. The van der Waals surface area contributed by atoms with E-state index in [2.05, 4.69) is 5.32 Å². The average molecular weight is 278 g/mol. The Hall–Kier alpha value is -1.06. The molecule has 4 heteroatoms. The summed E-state index contributed by atoms with van der Waals surface area (Å²) >= 11 is 0. The molecule has 0 spiro atoms. The fourth-order valence-corrected chi connectivity index (χ4v) is 4.18. The summed E-state index contributed by atoms with van der Waals surface area (Å²) in [7, 11) is 0. The maximum absolute atomic E-state index is 12.8. The highest BCUT2D eigenvalue weighted by Gasteiger charge is 2.40. The van der Waals surface area contributed by atoms with Crippen LogP contribution in [-0.2, 0) is 9.59 Å². The fraction of sp³-hybridized carbons (Fsp3) is 0.875. The number of rotatable bonds is 2. The van der Waals surface area contributed by atoms with Gasteiger partial charge in [-0.25, -0.2) is 0 Å². The van der Waals surface area contributed by atoms with Crippen LogP contribution in [0, 0.1) is 5.92 Å². The largest absolute Gasteiger partial charge is 0.342 e. The Bertz CT molecular complexity index is 339. The molecule has 0 aromatic carbocycles. The van der Waals surface area contributed by atoms with Gasteiger partial charge < -0.3 is 10.2 Å². The lowest BCUT2D eigenvalue weighted by atomic mass is 9.82. The molecule has 2 amide bonds. The van der Waals surface area contributed by atoms with Crippen LogP contribution in [0.15, 0.2) is 0 Å². The average Bonchev–Trinajstić information content (AvgIpc) is 2.51. The van der Waals surface area contributed by atoms with Gasteiger partial charge in [0.1, 0.15) is 6.04 Å². The molecule has 112 valence electrons. The van der Waals surface area contributed by atoms with Crippen molar-refractivity contribution < 1.29 is 9.59 Å². The van der Waals surface area contributed by atoms with Gasteiger partial charge in [-0.05, 0) is 31.6 Å². The van der Waals surface area contributed by atoms with Crippen LogP contribution in [0.2, 0.25) is 0 Å². The number of nitrogens with zero attached hydrogens (tertiary/aromatic N) is 1. The van der Waals surface area contributed by atoms with Crippen LogP contribution in [0.3, 0.4) is 0 Å². The highest BCUT2D eigenvalue weighted by atomic mass is 16.2. The quantitative estimate of drug-likeness (QED) is 0.842. The molecule has 1 aliphatic heterocycles. The summed E-state index contributed by atoms with van der Waals surface area (Å²) in [6, 6.07) is 0.0758. The topological polar surface area (TPSA) is 49.4 Å². The molecule has 20 heavy (non-hydrogen) atoms. The van der Waals surface area contributed by atoms with E-state index in [-0.39, 0.29) is 24.4 Å². The van der Waals surface area contributed by atoms with E-state index in [0.717, 1.165) is 25.7 Å². The molecule has 1 unspecified atom stereocenters. The second kappa shape index (κ2) is 6.15. The Labute approximate surface area is 121 Å². The summed E-state index contributed by atoms with van der Waals surface area (Å²) in [4.78, 5) is 26.7. The van der Waals surface area contributed by atoms with Crippen LogP contribution in [-0.4, -0.2) is 35.3 Å². The summed E-state index contributed by atoms with van der Waals surface area (Å²) in [5.74, 6) is 0.612. The van der Waals surface area contributed by atoms with E-state index in [1.807, 2.05) is 4.90 Å². The van der Waals surface area contributed by atoms with Gasteiger partial charge >= 0.3 is 0 Å². The number of carbonyl (C=O) groups excluding carboxylic acids is 2. The van der Waals surface area contributed by atoms with Gasteiger partial charge in [0.2, 0.25) is 11.8 Å². The third-order valence-electron chi connectivity index (χ3n) is 5.32. The lowest BCUT2D eigenvalue weighted by Gasteiger charge is -2.42. The van der Waals surface area contributed by atoms with Crippen molar-refractivity contribution in [3.05, 3.63) is 0 Å². The van der Waals surface area contributed by atoms with Crippen molar-refractivity contribution in [1.82, 2.24) is 10.2 Å². The van der Waals surface area contributed by atoms with E-state index < -0.39 is 0 Å². The number of hydrogen-bond donors (Lipinski definition) is 1. The number of amides is 2. The van der Waals surface area contributed by atoms with Gasteiger partial charge in [0, 0.05) is 6.04 Å². The Kier molecular flexibility index (Phi) is 4.27. The second-order valence-corrected chi connectivity index (χ2v) is 6.70. The molecule has 0 aromatic heterocycles. The van der Waals surface area contributed by atoms with Gasteiger partial charge in [-0.1, -0.05) is 38.5 Å². The molecule has 1 saturated heterocycles. The van der Waals surface area contributed by atoms with Crippen molar-refractivity contribution in [2.24, 2.45) is 5.92 Å². The Morgan fingerprint density at radius 1 is 0.850 bits per heavy atom. The molecule has 2 saturated carbocycles. The van der Waals surface area contributed by atoms with Crippen molar-refractivity contribution in [3.63, 3.8) is 0 Å². The predicted octanol–water partition coefficient (Wildman–Crippen LogP) is 2.23. The normalized spacial score (nSPS) is 30.4. The van der Waals surface area contributed by atoms with Crippen LogP contribution >= 0.6 is 0 Å². The fourth-order valence-electron chi connectivity index (χ4n) is 4.18. The summed E-state index contributed by atoms with van der Waals surface area (Å²) < 4.78 is 0. The molecule has 3 rings (SSSR count). The number of carbonyl (C=O) groups is 2. The maximum Gasteiger partial charge on any atom is 0.246 e. The first kappa shape index (κ1) is 13.9. The Morgan fingerprint density at radius 3 is 2.10 bits per heavy atom. The number of piperazine rings is 1. The molecule has 3 fully saturated rings. The zero-order chi connectivity index (χ0) is 13.9. The second-order valence-electron chi connectivity index (χ2n) is 6.70. The van der Waals surface area contributed by atoms with Crippen molar-refractivity contribution >= 4 is 11.8 Å². The summed E-state index contributed by atoms with van der Waals surface area (Å²) in [6.45, 7) is 0.284. The van der Waals surface area contributed by atoms with Crippen LogP contribution in [0.1, 0.15) is 64.2 Å². The first-order valence-electron chi connectivity index (χ1n) is 8.35. The van der Waals surface area contributed by atoms with E-state index in [4.69, 9.17) is 0 Å². The van der Waals surface area contributed by atoms with Gasteiger partial charge in [0.15, 0.2) is 0 Å². The Balaban J connectivity index is 1.71. The zero-order valence-electron chi connectivity index (χ0n) is 12.3. The first-order valence-corrected chi connectivity index (χ1v) is 8.35. The molecule has 0 radical (unpaired) electrons. The molecule has 0 aromatic rings. The van der Waals surface area contributed by atoms with Crippen LogP contribution < -0.4 is 5.32 Å². The monoisotopic (exact) mass is 278 g/mol. The smallest absolute Gasteiger partial charge is 0.246 e. The molecule has 2 aliphatic carbocycles. The van der Waals surface area contributed by atoms with Crippen LogP contribution in [0.5, 0.6) is 0 Å². The van der Waals surface area contributed by atoms with E-state index in [1.54, 1.807) is 0 Å². The number of nitrogens with one attached hydrogen (secondary N) is 1. The summed E-state index contributed by atoms with van der Waals surface area (Å²) in [6.07, 6.45) is 11.7. The van der Waals surface area contributed by atoms with Crippen molar-refractivity contribution in [1.29, 1.82) is 0 Å². The van der Waals surface area contributed by atoms with Crippen molar-refractivity contribution in [3.8, 4) is 0 Å². The van der Waals surface area contributed by atoms with E-state index >= 15 is 0 Å². The highest BCUT2D eigenvalue weighted by molar-refractivity contribution is 5.95. The maximum atomic E-state index is 12.8. The first-order chi connectivity index (χ1) is 9.75. The van der Waals surface area contributed by atoms with Crippen molar-refractivity contribution in [2.45, 2.75) is 76.3 Å². The van der Waals surface area contributed by atoms with Gasteiger partial charge in [-0.15, -0.1) is 0 Å². The Morgan fingerprint density at radius 2 is 1.45 bits per heavy atom. The minimum absolute atomic E-state index is 0.0470. The summed E-state index contributed by atoms with van der Waals surface area (Å²) in [5.41, 5.74) is 0. The van der Waals surface area contributed by atoms with Gasteiger partial charge in [-0.2, -0.15) is 0 Å². The summed E-state index contributed by atoms with van der Waals surface area (Å²) in [5, 5.41) is 2.97.